The highest BCUT2D eigenvalue weighted by Gasteiger charge is 2.32. The Labute approximate surface area is 118 Å². The lowest BCUT2D eigenvalue weighted by molar-refractivity contribution is -0.384. The highest BCUT2D eigenvalue weighted by atomic mass is 16.6. The van der Waals surface area contributed by atoms with Crippen molar-refractivity contribution in [2.75, 3.05) is 25.2 Å². The number of aliphatic hydroxyl groups excluding tert-OH is 1. The number of hydrogen-bond donors (Lipinski definition) is 1. The van der Waals surface area contributed by atoms with Crippen LogP contribution in [0.2, 0.25) is 0 Å². The van der Waals surface area contributed by atoms with E-state index in [9.17, 15) is 15.2 Å². The van der Waals surface area contributed by atoms with Gasteiger partial charge in [0, 0.05) is 25.8 Å². The van der Waals surface area contributed by atoms with Gasteiger partial charge in [-0.3, -0.25) is 10.1 Å². The van der Waals surface area contributed by atoms with E-state index in [2.05, 4.69) is 0 Å². The number of methoxy groups -OCH3 is 1. The average molecular weight is 280 g/mol. The summed E-state index contributed by atoms with van der Waals surface area (Å²) >= 11 is 0. The van der Waals surface area contributed by atoms with Crippen LogP contribution >= 0.6 is 0 Å². The van der Waals surface area contributed by atoms with Crippen LogP contribution in [0.1, 0.15) is 31.4 Å². The quantitative estimate of drug-likeness (QED) is 0.612. The Balaban J connectivity index is 2.34. The van der Waals surface area contributed by atoms with E-state index in [4.69, 9.17) is 4.74 Å². The molecular weight excluding hydrogens is 260 g/mol. The number of nitro benzene ring substituents is 1. The highest BCUT2D eigenvalue weighted by molar-refractivity contribution is 5.65. The van der Waals surface area contributed by atoms with Crippen molar-refractivity contribution in [3.8, 4) is 0 Å². The van der Waals surface area contributed by atoms with Crippen LogP contribution in [0.25, 0.3) is 0 Å². The second-order valence-corrected chi connectivity index (χ2v) is 5.10. The van der Waals surface area contributed by atoms with Crippen molar-refractivity contribution >= 4 is 11.4 Å². The molecule has 0 bridgehead atoms. The molecule has 1 N–H and O–H groups in total. The predicted octanol–water partition coefficient (Wildman–Crippen LogP) is 2.26. The molecule has 1 aromatic carbocycles. The SMILES string of the molecule is COCCN(c1ccc(C(C)O)cc1[N+](=O)[O-])C1CC1. The van der Waals surface area contributed by atoms with Gasteiger partial charge in [-0.1, -0.05) is 6.07 Å². The second kappa shape index (κ2) is 6.19. The molecule has 0 amide bonds. The van der Waals surface area contributed by atoms with Gasteiger partial charge in [0.05, 0.1) is 17.6 Å². The summed E-state index contributed by atoms with van der Waals surface area (Å²) in [6.45, 7) is 2.77. The van der Waals surface area contributed by atoms with Crippen LogP contribution in [0.4, 0.5) is 11.4 Å². The number of hydrogen-bond acceptors (Lipinski definition) is 5. The Morgan fingerprint density at radius 1 is 1.55 bits per heavy atom. The van der Waals surface area contributed by atoms with Crippen molar-refractivity contribution in [3.63, 3.8) is 0 Å². The van der Waals surface area contributed by atoms with Gasteiger partial charge in [-0.05, 0) is 31.4 Å². The van der Waals surface area contributed by atoms with Gasteiger partial charge < -0.3 is 14.7 Å². The Morgan fingerprint density at radius 3 is 2.75 bits per heavy atom. The van der Waals surface area contributed by atoms with E-state index in [0.717, 1.165) is 12.8 Å². The Bertz CT molecular complexity index is 486. The van der Waals surface area contributed by atoms with Crippen LogP contribution in [0.3, 0.4) is 0 Å². The molecule has 1 fully saturated rings. The number of nitro groups is 1. The van der Waals surface area contributed by atoms with Crippen LogP contribution in [0.5, 0.6) is 0 Å². The fraction of sp³-hybridized carbons (Fsp3) is 0.571. The molecule has 1 atom stereocenters. The van der Waals surface area contributed by atoms with Crippen molar-refractivity contribution in [3.05, 3.63) is 33.9 Å². The standard InChI is InChI=1S/C14H20N2O4/c1-10(17)11-3-6-13(14(9-11)16(18)19)15(7-8-20-2)12-4-5-12/h3,6,9-10,12,17H,4-5,7-8H2,1-2H3. The molecule has 6 heteroatoms. The lowest BCUT2D eigenvalue weighted by Crippen LogP contribution is -2.30. The number of ether oxygens (including phenoxy) is 1. The van der Waals surface area contributed by atoms with Crippen molar-refractivity contribution in [2.24, 2.45) is 0 Å². The molecule has 0 aliphatic heterocycles. The first-order valence-electron chi connectivity index (χ1n) is 6.76. The normalized spacial score (nSPS) is 15.9. The van der Waals surface area contributed by atoms with E-state index < -0.39 is 6.10 Å². The summed E-state index contributed by atoms with van der Waals surface area (Å²) in [6.07, 6.45) is 1.40. The summed E-state index contributed by atoms with van der Waals surface area (Å²) in [7, 11) is 1.62. The van der Waals surface area contributed by atoms with Crippen LogP contribution in [-0.4, -0.2) is 36.3 Å². The second-order valence-electron chi connectivity index (χ2n) is 5.10. The maximum absolute atomic E-state index is 11.3. The summed E-state index contributed by atoms with van der Waals surface area (Å²) in [6, 6.07) is 5.30. The number of aliphatic hydroxyl groups is 1. The molecule has 1 aliphatic rings. The van der Waals surface area contributed by atoms with E-state index in [1.807, 2.05) is 4.90 Å². The van der Waals surface area contributed by atoms with Crippen LogP contribution in [0.15, 0.2) is 18.2 Å². The van der Waals surface area contributed by atoms with Gasteiger partial charge in [-0.2, -0.15) is 0 Å². The monoisotopic (exact) mass is 280 g/mol. The van der Waals surface area contributed by atoms with Gasteiger partial charge >= 0.3 is 0 Å². The lowest BCUT2D eigenvalue weighted by atomic mass is 10.1. The molecule has 0 aromatic heterocycles. The molecule has 110 valence electrons. The molecule has 0 saturated heterocycles. The zero-order chi connectivity index (χ0) is 14.7. The minimum Gasteiger partial charge on any atom is -0.389 e. The Kier molecular flexibility index (Phi) is 4.57. The highest BCUT2D eigenvalue weighted by Crippen LogP contribution is 2.37. The fourth-order valence-corrected chi connectivity index (χ4v) is 2.26. The zero-order valence-corrected chi connectivity index (χ0v) is 11.8. The molecule has 2 rings (SSSR count). The smallest absolute Gasteiger partial charge is 0.292 e. The first-order valence-corrected chi connectivity index (χ1v) is 6.76. The van der Waals surface area contributed by atoms with Gasteiger partial charge in [0.25, 0.3) is 5.69 Å². The van der Waals surface area contributed by atoms with Gasteiger partial charge in [-0.25, -0.2) is 0 Å². The maximum Gasteiger partial charge on any atom is 0.292 e. The summed E-state index contributed by atoms with van der Waals surface area (Å²) in [4.78, 5) is 12.9. The minimum absolute atomic E-state index is 0.0476. The largest absolute Gasteiger partial charge is 0.389 e. The molecule has 0 spiro atoms. The summed E-state index contributed by atoms with van der Waals surface area (Å²) < 4.78 is 5.08. The molecule has 0 heterocycles. The first kappa shape index (κ1) is 14.7. The van der Waals surface area contributed by atoms with Crippen LogP contribution in [0, 0.1) is 10.1 Å². The molecule has 1 aliphatic carbocycles. The van der Waals surface area contributed by atoms with Gasteiger partial charge in [0.15, 0.2) is 0 Å². The number of rotatable bonds is 7. The first-order chi connectivity index (χ1) is 9.54. The molecule has 0 radical (unpaired) electrons. The number of benzene rings is 1. The molecule has 1 unspecified atom stereocenters. The Morgan fingerprint density at radius 2 is 2.25 bits per heavy atom. The van der Waals surface area contributed by atoms with Crippen LogP contribution in [-0.2, 0) is 4.74 Å². The molecular formula is C14H20N2O4. The predicted molar refractivity (Wildman–Crippen MR) is 76.0 cm³/mol. The lowest BCUT2D eigenvalue weighted by Gasteiger charge is -2.24. The molecule has 6 nitrogen and oxygen atoms in total. The third kappa shape index (κ3) is 3.26. The molecule has 1 aromatic rings. The summed E-state index contributed by atoms with van der Waals surface area (Å²) in [5.74, 6) is 0. The van der Waals surface area contributed by atoms with Gasteiger partial charge in [0.1, 0.15) is 5.69 Å². The number of nitrogens with zero attached hydrogens (tertiary/aromatic N) is 2. The van der Waals surface area contributed by atoms with Crippen molar-refractivity contribution in [2.45, 2.75) is 31.9 Å². The van der Waals surface area contributed by atoms with E-state index >= 15 is 0 Å². The topological polar surface area (TPSA) is 75.8 Å². The summed E-state index contributed by atoms with van der Waals surface area (Å²) in [5, 5.41) is 20.9. The number of anilines is 1. The van der Waals surface area contributed by atoms with E-state index in [1.54, 1.807) is 26.2 Å². The minimum atomic E-state index is -0.712. The van der Waals surface area contributed by atoms with Crippen molar-refractivity contribution < 1.29 is 14.8 Å². The zero-order valence-electron chi connectivity index (χ0n) is 11.8. The molecule has 20 heavy (non-hydrogen) atoms. The van der Waals surface area contributed by atoms with Gasteiger partial charge in [-0.15, -0.1) is 0 Å². The van der Waals surface area contributed by atoms with E-state index in [-0.39, 0.29) is 10.6 Å². The molecule has 1 saturated carbocycles. The maximum atomic E-state index is 11.3. The average Bonchev–Trinajstić information content (AvgIpc) is 3.23. The van der Waals surface area contributed by atoms with E-state index in [0.29, 0.717) is 30.4 Å². The Hall–Kier alpha value is -1.66. The third-order valence-corrected chi connectivity index (χ3v) is 3.51. The van der Waals surface area contributed by atoms with Crippen LogP contribution < -0.4 is 4.90 Å². The van der Waals surface area contributed by atoms with E-state index in [1.165, 1.54) is 6.07 Å². The third-order valence-electron chi connectivity index (χ3n) is 3.51. The van der Waals surface area contributed by atoms with Crippen molar-refractivity contribution in [1.82, 2.24) is 0 Å². The van der Waals surface area contributed by atoms with Gasteiger partial charge in [0.2, 0.25) is 0 Å². The fourth-order valence-electron chi connectivity index (χ4n) is 2.26. The summed E-state index contributed by atoms with van der Waals surface area (Å²) in [5.41, 5.74) is 1.22. The van der Waals surface area contributed by atoms with Crippen molar-refractivity contribution in [1.29, 1.82) is 0 Å².